The maximum atomic E-state index is 13.0. The minimum Gasteiger partial charge on any atom is -0.477 e. The molecule has 0 aromatic carbocycles. The van der Waals surface area contributed by atoms with E-state index in [9.17, 15) is 9.59 Å². The fraction of sp³-hybridized carbons (Fsp3) is 0.650. The van der Waals surface area contributed by atoms with Crippen LogP contribution in [0.1, 0.15) is 67.9 Å². The summed E-state index contributed by atoms with van der Waals surface area (Å²) in [6.45, 7) is 5.27. The molecule has 2 saturated carbocycles. The van der Waals surface area contributed by atoms with Crippen molar-refractivity contribution in [2.75, 3.05) is 13.2 Å². The highest BCUT2D eigenvalue weighted by molar-refractivity contribution is 5.96. The molecule has 2 heterocycles. The van der Waals surface area contributed by atoms with Crippen molar-refractivity contribution in [1.82, 2.24) is 9.88 Å². The summed E-state index contributed by atoms with van der Waals surface area (Å²) in [7, 11) is 0. The van der Waals surface area contributed by atoms with Crippen molar-refractivity contribution < 1.29 is 14.3 Å². The van der Waals surface area contributed by atoms with Crippen LogP contribution in [0.4, 0.5) is 0 Å². The summed E-state index contributed by atoms with van der Waals surface area (Å²) in [4.78, 5) is 31.0. The number of primary amides is 1. The number of nitrogens with two attached hydrogens (primary N) is 1. The maximum Gasteiger partial charge on any atom is 0.273 e. The van der Waals surface area contributed by atoms with Crippen LogP contribution in [-0.2, 0) is 4.79 Å². The molecule has 1 aliphatic heterocycles. The van der Waals surface area contributed by atoms with Crippen molar-refractivity contribution >= 4 is 11.8 Å². The Morgan fingerprint density at radius 3 is 2.62 bits per heavy atom. The highest BCUT2D eigenvalue weighted by Crippen LogP contribution is 2.44. The van der Waals surface area contributed by atoms with Gasteiger partial charge in [0, 0.05) is 12.1 Å². The van der Waals surface area contributed by atoms with Gasteiger partial charge in [-0.1, -0.05) is 19.9 Å². The Balaban J connectivity index is 1.58. The Kier molecular flexibility index (Phi) is 4.16. The molecule has 1 aromatic heterocycles. The Morgan fingerprint density at radius 2 is 2.00 bits per heavy atom. The number of amides is 2. The van der Waals surface area contributed by atoms with Crippen LogP contribution in [0, 0.1) is 11.3 Å². The molecule has 2 amide bonds. The quantitative estimate of drug-likeness (QED) is 0.847. The van der Waals surface area contributed by atoms with E-state index < -0.39 is 11.9 Å². The number of aromatic nitrogens is 1. The first-order chi connectivity index (χ1) is 12.3. The first kappa shape index (κ1) is 17.3. The molecule has 3 aliphatic rings. The van der Waals surface area contributed by atoms with Crippen LogP contribution >= 0.6 is 0 Å². The van der Waals surface area contributed by atoms with Crippen LogP contribution in [-0.4, -0.2) is 40.9 Å². The largest absolute Gasteiger partial charge is 0.477 e. The van der Waals surface area contributed by atoms with E-state index in [1.54, 1.807) is 11.0 Å². The average molecular weight is 357 g/mol. The van der Waals surface area contributed by atoms with Crippen LogP contribution in [0.2, 0.25) is 0 Å². The third-order valence-electron chi connectivity index (χ3n) is 5.59. The molecule has 0 radical (unpaired) electrons. The summed E-state index contributed by atoms with van der Waals surface area (Å²) in [5, 5.41) is 0. The van der Waals surface area contributed by atoms with Crippen molar-refractivity contribution in [1.29, 1.82) is 0 Å². The molecule has 4 rings (SSSR count). The van der Waals surface area contributed by atoms with Gasteiger partial charge in [-0.2, -0.15) is 0 Å². The van der Waals surface area contributed by atoms with E-state index in [0.717, 1.165) is 18.4 Å². The van der Waals surface area contributed by atoms with E-state index in [4.69, 9.17) is 10.5 Å². The van der Waals surface area contributed by atoms with Gasteiger partial charge < -0.3 is 15.4 Å². The summed E-state index contributed by atoms with van der Waals surface area (Å²) < 4.78 is 5.96. The van der Waals surface area contributed by atoms with Crippen molar-refractivity contribution in [3.63, 3.8) is 0 Å². The molecule has 6 nitrogen and oxygen atoms in total. The van der Waals surface area contributed by atoms with Gasteiger partial charge in [-0.15, -0.1) is 0 Å². The Labute approximate surface area is 154 Å². The summed E-state index contributed by atoms with van der Waals surface area (Å²) in [6, 6.07) is 3.17. The number of rotatable bonds is 6. The minimum absolute atomic E-state index is 0.130. The van der Waals surface area contributed by atoms with E-state index in [2.05, 4.69) is 4.98 Å². The Bertz CT molecular complexity index is 738. The van der Waals surface area contributed by atoms with E-state index in [1.165, 1.54) is 12.8 Å². The lowest BCUT2D eigenvalue weighted by Gasteiger charge is -2.23. The fourth-order valence-electron chi connectivity index (χ4n) is 3.76. The molecular formula is C20H27N3O3. The standard InChI is InChI=1S/C20H27N3O3/c1-20(2)9-16(17(21)24)23(11-20)19(25)15-8-7-14(13-5-6-13)18(22-15)26-10-12-3-4-12/h7-8,12-13,16H,3-6,9-11H2,1-2H3,(H2,21,24)/t16-/m0/s1. The highest BCUT2D eigenvalue weighted by atomic mass is 16.5. The number of hydrogen-bond donors (Lipinski definition) is 1. The molecule has 1 atom stereocenters. The van der Waals surface area contributed by atoms with Gasteiger partial charge in [-0.3, -0.25) is 9.59 Å². The summed E-state index contributed by atoms with van der Waals surface area (Å²) in [5.74, 6) is 1.04. The lowest BCUT2D eigenvalue weighted by Crippen LogP contribution is -2.44. The molecule has 3 fully saturated rings. The SMILES string of the molecule is CC1(C)C[C@@H](C(N)=O)N(C(=O)c2ccc(C3CC3)c(OCC3CC3)n2)C1. The molecule has 6 heteroatoms. The zero-order valence-electron chi connectivity index (χ0n) is 15.5. The zero-order chi connectivity index (χ0) is 18.5. The molecule has 0 unspecified atom stereocenters. The second-order valence-corrected chi connectivity index (χ2v) is 8.84. The fourth-order valence-corrected chi connectivity index (χ4v) is 3.76. The topological polar surface area (TPSA) is 85.5 Å². The average Bonchev–Trinajstić information content (AvgIpc) is 3.49. The first-order valence-corrected chi connectivity index (χ1v) is 9.58. The van der Waals surface area contributed by atoms with E-state index >= 15 is 0 Å². The van der Waals surface area contributed by atoms with Crippen molar-refractivity contribution in [2.45, 2.75) is 57.9 Å². The monoisotopic (exact) mass is 357 g/mol. The lowest BCUT2D eigenvalue weighted by molar-refractivity contribution is -0.121. The van der Waals surface area contributed by atoms with Gasteiger partial charge in [0.25, 0.3) is 5.91 Å². The van der Waals surface area contributed by atoms with Crippen molar-refractivity contribution in [2.24, 2.45) is 17.1 Å². The third kappa shape index (κ3) is 3.55. The summed E-state index contributed by atoms with van der Waals surface area (Å²) in [5.41, 5.74) is 6.85. The number of ether oxygens (including phenoxy) is 1. The van der Waals surface area contributed by atoms with Crippen LogP contribution in [0.25, 0.3) is 0 Å². The molecule has 0 spiro atoms. The third-order valence-corrected chi connectivity index (χ3v) is 5.59. The van der Waals surface area contributed by atoms with Gasteiger partial charge in [0.1, 0.15) is 11.7 Å². The first-order valence-electron chi connectivity index (χ1n) is 9.58. The smallest absolute Gasteiger partial charge is 0.273 e. The maximum absolute atomic E-state index is 13.0. The second kappa shape index (κ2) is 6.25. The van der Waals surface area contributed by atoms with Crippen molar-refractivity contribution in [3.8, 4) is 5.88 Å². The van der Waals surface area contributed by atoms with E-state index in [1.807, 2.05) is 19.9 Å². The number of hydrogen-bond acceptors (Lipinski definition) is 4. The summed E-state index contributed by atoms with van der Waals surface area (Å²) in [6.07, 6.45) is 5.30. The summed E-state index contributed by atoms with van der Waals surface area (Å²) >= 11 is 0. The Morgan fingerprint density at radius 1 is 1.27 bits per heavy atom. The number of pyridine rings is 1. The Hall–Kier alpha value is -2.11. The van der Waals surface area contributed by atoms with Crippen LogP contribution in [0.15, 0.2) is 12.1 Å². The molecule has 140 valence electrons. The molecule has 26 heavy (non-hydrogen) atoms. The zero-order valence-corrected chi connectivity index (χ0v) is 15.5. The van der Waals surface area contributed by atoms with Gasteiger partial charge in [0.05, 0.1) is 6.61 Å². The molecule has 1 saturated heterocycles. The van der Waals surface area contributed by atoms with Gasteiger partial charge in [0.2, 0.25) is 11.8 Å². The normalized spacial score (nSPS) is 24.5. The van der Waals surface area contributed by atoms with Crippen molar-refractivity contribution in [3.05, 3.63) is 23.4 Å². The number of nitrogens with zero attached hydrogens (tertiary/aromatic N) is 2. The lowest BCUT2D eigenvalue weighted by atomic mass is 9.90. The second-order valence-electron chi connectivity index (χ2n) is 8.84. The van der Waals surface area contributed by atoms with Crippen LogP contribution in [0.5, 0.6) is 5.88 Å². The highest BCUT2D eigenvalue weighted by Gasteiger charge is 2.43. The molecule has 2 N–H and O–H groups in total. The van der Waals surface area contributed by atoms with Gasteiger partial charge in [-0.05, 0) is 55.4 Å². The van der Waals surface area contributed by atoms with E-state index in [-0.39, 0.29) is 11.3 Å². The van der Waals surface area contributed by atoms with Gasteiger partial charge >= 0.3 is 0 Å². The van der Waals surface area contributed by atoms with E-state index in [0.29, 0.717) is 43.0 Å². The number of carbonyl (C=O) groups excluding carboxylic acids is 2. The molecule has 1 aromatic rings. The minimum atomic E-state index is -0.571. The predicted molar refractivity (Wildman–Crippen MR) is 96.8 cm³/mol. The molecule has 0 bridgehead atoms. The number of carbonyl (C=O) groups is 2. The van der Waals surface area contributed by atoms with Crippen LogP contribution in [0.3, 0.4) is 0 Å². The molecular weight excluding hydrogens is 330 g/mol. The van der Waals surface area contributed by atoms with Gasteiger partial charge in [0.15, 0.2) is 0 Å². The van der Waals surface area contributed by atoms with Crippen LogP contribution < -0.4 is 10.5 Å². The predicted octanol–water partition coefficient (Wildman–Crippen LogP) is 2.47. The number of likely N-dealkylation sites (tertiary alicyclic amines) is 1. The molecule has 2 aliphatic carbocycles. The van der Waals surface area contributed by atoms with Gasteiger partial charge in [-0.25, -0.2) is 4.98 Å².